The van der Waals surface area contributed by atoms with Gasteiger partial charge in [0.1, 0.15) is 11.5 Å². The molecule has 0 aliphatic heterocycles. The number of carbonyl (C=O) groups excluding carboxylic acids is 1. The lowest BCUT2D eigenvalue weighted by atomic mass is 10.1. The van der Waals surface area contributed by atoms with Gasteiger partial charge in [0, 0.05) is 0 Å². The maximum atomic E-state index is 12.7. The van der Waals surface area contributed by atoms with E-state index in [2.05, 4.69) is 10.3 Å². The zero-order valence-corrected chi connectivity index (χ0v) is 10.4. The molecule has 8 heteroatoms. The Morgan fingerprint density at radius 1 is 1.19 bits per heavy atom. The molecule has 1 amide bonds. The normalized spacial score (nSPS) is 11.2. The number of hydrogen-bond acceptors (Lipinski definition) is 3. The van der Waals surface area contributed by atoms with E-state index in [4.69, 9.17) is 5.73 Å². The molecule has 0 radical (unpaired) electrons. The minimum Gasteiger partial charge on any atom is -0.397 e. The topological polar surface area (TPSA) is 68.0 Å². The second-order valence-electron chi connectivity index (χ2n) is 4.12. The smallest absolute Gasteiger partial charge is 0.397 e. The average Bonchev–Trinajstić information content (AvgIpc) is 2.40. The van der Waals surface area contributed by atoms with Crippen LogP contribution in [0.15, 0.2) is 36.5 Å². The summed E-state index contributed by atoms with van der Waals surface area (Å²) in [6.07, 6.45) is -3.67. The van der Waals surface area contributed by atoms with E-state index in [9.17, 15) is 22.4 Å². The molecule has 0 saturated heterocycles. The van der Waals surface area contributed by atoms with Crippen LogP contribution in [0.2, 0.25) is 0 Å². The highest BCUT2D eigenvalue weighted by molar-refractivity contribution is 6.04. The predicted octanol–water partition coefficient (Wildman–Crippen LogP) is 3.07. The first-order valence-electron chi connectivity index (χ1n) is 5.67. The number of benzene rings is 1. The van der Waals surface area contributed by atoms with Crippen molar-refractivity contribution in [3.05, 3.63) is 53.6 Å². The van der Waals surface area contributed by atoms with Crippen LogP contribution in [0, 0.1) is 5.82 Å². The number of rotatable bonds is 2. The van der Waals surface area contributed by atoms with Crippen molar-refractivity contribution in [1.82, 2.24) is 4.98 Å². The summed E-state index contributed by atoms with van der Waals surface area (Å²) in [5.41, 5.74) is 4.24. The standard InChI is InChI=1S/C13H9F4N3O/c14-8-2-4-11(19-6-8)12(21)20-10-3-1-7(5-9(10)18)13(15,16)17/h1-6H,18H2,(H,20,21). The zero-order valence-electron chi connectivity index (χ0n) is 10.4. The van der Waals surface area contributed by atoms with Crippen LogP contribution in [0.25, 0.3) is 0 Å². The van der Waals surface area contributed by atoms with Gasteiger partial charge in [-0.3, -0.25) is 4.79 Å². The summed E-state index contributed by atoms with van der Waals surface area (Å²) in [6.45, 7) is 0. The Morgan fingerprint density at radius 2 is 1.90 bits per heavy atom. The minimum atomic E-state index is -4.52. The molecule has 2 rings (SSSR count). The second kappa shape index (κ2) is 5.39. The molecule has 0 atom stereocenters. The number of nitrogens with two attached hydrogens (primary N) is 1. The van der Waals surface area contributed by atoms with Gasteiger partial charge in [0.15, 0.2) is 0 Å². The third-order valence-electron chi connectivity index (χ3n) is 2.59. The molecule has 1 aromatic heterocycles. The first-order chi connectivity index (χ1) is 9.77. The summed E-state index contributed by atoms with van der Waals surface area (Å²) in [5, 5.41) is 2.31. The van der Waals surface area contributed by atoms with Crippen LogP contribution in [-0.4, -0.2) is 10.9 Å². The van der Waals surface area contributed by atoms with Crippen molar-refractivity contribution in [3.8, 4) is 0 Å². The van der Waals surface area contributed by atoms with Gasteiger partial charge in [-0.05, 0) is 30.3 Å². The first kappa shape index (κ1) is 14.8. The van der Waals surface area contributed by atoms with E-state index < -0.39 is 23.5 Å². The number of halogens is 4. The number of pyridine rings is 1. The van der Waals surface area contributed by atoms with Gasteiger partial charge in [0.05, 0.1) is 23.1 Å². The Morgan fingerprint density at radius 3 is 2.43 bits per heavy atom. The lowest BCUT2D eigenvalue weighted by Crippen LogP contribution is -2.15. The number of anilines is 2. The van der Waals surface area contributed by atoms with Crippen LogP contribution in [0.3, 0.4) is 0 Å². The van der Waals surface area contributed by atoms with Crippen LogP contribution < -0.4 is 11.1 Å². The molecule has 110 valence electrons. The van der Waals surface area contributed by atoms with Crippen molar-refractivity contribution < 1.29 is 22.4 Å². The Balaban J connectivity index is 2.20. The van der Waals surface area contributed by atoms with Gasteiger partial charge in [0.2, 0.25) is 0 Å². The maximum absolute atomic E-state index is 12.7. The van der Waals surface area contributed by atoms with Crippen molar-refractivity contribution in [3.63, 3.8) is 0 Å². The van der Waals surface area contributed by atoms with E-state index in [0.29, 0.717) is 6.07 Å². The van der Waals surface area contributed by atoms with Crippen LogP contribution in [0.5, 0.6) is 0 Å². The Bertz CT molecular complexity index is 668. The van der Waals surface area contributed by atoms with Gasteiger partial charge in [-0.15, -0.1) is 0 Å². The number of alkyl halides is 3. The fourth-order valence-electron chi connectivity index (χ4n) is 1.55. The van der Waals surface area contributed by atoms with Crippen molar-refractivity contribution in [2.24, 2.45) is 0 Å². The SMILES string of the molecule is Nc1cc(C(F)(F)F)ccc1NC(=O)c1ccc(F)cn1. The highest BCUT2D eigenvalue weighted by Crippen LogP contribution is 2.32. The number of amides is 1. The fourth-order valence-corrected chi connectivity index (χ4v) is 1.55. The van der Waals surface area contributed by atoms with Gasteiger partial charge in [0.25, 0.3) is 5.91 Å². The molecule has 0 fully saturated rings. The molecular weight excluding hydrogens is 290 g/mol. The van der Waals surface area contributed by atoms with E-state index >= 15 is 0 Å². The third-order valence-corrected chi connectivity index (χ3v) is 2.59. The Labute approximate surface area is 116 Å². The minimum absolute atomic E-state index is 0.0131. The van der Waals surface area contributed by atoms with E-state index in [1.165, 1.54) is 0 Å². The highest BCUT2D eigenvalue weighted by Gasteiger charge is 2.30. The molecule has 1 heterocycles. The molecule has 4 nitrogen and oxygen atoms in total. The molecule has 0 aliphatic rings. The zero-order chi connectivity index (χ0) is 15.6. The molecule has 2 aromatic rings. The Kier molecular flexibility index (Phi) is 3.79. The predicted molar refractivity (Wildman–Crippen MR) is 68.0 cm³/mol. The van der Waals surface area contributed by atoms with E-state index in [1.807, 2.05) is 0 Å². The number of nitrogens with one attached hydrogen (secondary N) is 1. The van der Waals surface area contributed by atoms with Crippen molar-refractivity contribution in [1.29, 1.82) is 0 Å². The third kappa shape index (κ3) is 3.47. The maximum Gasteiger partial charge on any atom is 0.416 e. The van der Waals surface area contributed by atoms with Gasteiger partial charge in [-0.2, -0.15) is 13.2 Å². The number of hydrogen-bond donors (Lipinski definition) is 2. The molecule has 0 unspecified atom stereocenters. The number of carbonyl (C=O) groups is 1. The second-order valence-corrected chi connectivity index (χ2v) is 4.12. The fraction of sp³-hybridized carbons (Fsp3) is 0.0769. The van der Waals surface area contributed by atoms with Crippen molar-refractivity contribution in [2.75, 3.05) is 11.1 Å². The van der Waals surface area contributed by atoms with Crippen LogP contribution in [0.4, 0.5) is 28.9 Å². The summed E-state index contributed by atoms with van der Waals surface area (Å²) in [6, 6.07) is 4.74. The summed E-state index contributed by atoms with van der Waals surface area (Å²) < 4.78 is 50.1. The first-order valence-corrected chi connectivity index (χ1v) is 5.67. The molecule has 0 spiro atoms. The lowest BCUT2D eigenvalue weighted by molar-refractivity contribution is -0.137. The highest BCUT2D eigenvalue weighted by atomic mass is 19.4. The lowest BCUT2D eigenvalue weighted by Gasteiger charge is -2.11. The average molecular weight is 299 g/mol. The number of aromatic nitrogens is 1. The summed E-state index contributed by atoms with van der Waals surface area (Å²) in [7, 11) is 0. The Hall–Kier alpha value is -2.64. The van der Waals surface area contributed by atoms with Crippen molar-refractivity contribution >= 4 is 17.3 Å². The van der Waals surface area contributed by atoms with Gasteiger partial charge < -0.3 is 11.1 Å². The molecule has 0 aliphatic carbocycles. The van der Waals surface area contributed by atoms with Crippen LogP contribution in [-0.2, 0) is 6.18 Å². The molecule has 0 saturated carbocycles. The molecular formula is C13H9F4N3O. The van der Waals surface area contributed by atoms with Gasteiger partial charge >= 0.3 is 6.18 Å². The molecule has 3 N–H and O–H groups in total. The van der Waals surface area contributed by atoms with Crippen molar-refractivity contribution in [2.45, 2.75) is 6.18 Å². The quantitative estimate of drug-likeness (QED) is 0.661. The van der Waals surface area contributed by atoms with E-state index in [-0.39, 0.29) is 17.1 Å². The monoisotopic (exact) mass is 299 g/mol. The van der Waals surface area contributed by atoms with E-state index in [1.54, 1.807) is 0 Å². The number of nitrogen functional groups attached to an aromatic ring is 1. The van der Waals surface area contributed by atoms with Gasteiger partial charge in [-0.25, -0.2) is 9.37 Å². The van der Waals surface area contributed by atoms with Crippen LogP contribution >= 0.6 is 0 Å². The molecule has 21 heavy (non-hydrogen) atoms. The van der Waals surface area contributed by atoms with E-state index in [0.717, 1.165) is 30.5 Å². The molecule has 1 aromatic carbocycles. The number of nitrogens with zero attached hydrogens (tertiary/aromatic N) is 1. The largest absolute Gasteiger partial charge is 0.416 e. The van der Waals surface area contributed by atoms with Gasteiger partial charge in [-0.1, -0.05) is 0 Å². The summed E-state index contributed by atoms with van der Waals surface area (Å²) >= 11 is 0. The summed E-state index contributed by atoms with van der Waals surface area (Å²) in [5.74, 6) is -1.32. The molecule has 0 bridgehead atoms. The van der Waals surface area contributed by atoms with Crippen LogP contribution in [0.1, 0.15) is 16.1 Å². The summed E-state index contributed by atoms with van der Waals surface area (Å²) in [4.78, 5) is 15.3.